The molecule has 9 nitrogen and oxygen atoms in total. The molecular weight excluding hydrogens is 509 g/mol. The molecule has 0 aliphatic carbocycles. The van der Waals surface area contributed by atoms with Gasteiger partial charge in [-0.05, 0) is 46.9 Å². The fraction of sp³-hybridized carbons (Fsp3) is 0.167. The first kappa shape index (κ1) is 25.2. The van der Waals surface area contributed by atoms with Crippen LogP contribution in [0.25, 0.3) is 55.7 Å². The lowest BCUT2D eigenvalue weighted by atomic mass is 9.92. The van der Waals surface area contributed by atoms with Crippen LogP contribution in [0.5, 0.6) is 5.75 Å². The van der Waals surface area contributed by atoms with Crippen LogP contribution in [-0.4, -0.2) is 41.1 Å². The number of carbonyl (C=O) groups excluding carboxylic acids is 1. The summed E-state index contributed by atoms with van der Waals surface area (Å²) in [6.45, 7) is 6.06. The lowest BCUT2D eigenvalue weighted by molar-refractivity contribution is -0.117. The maximum Gasteiger partial charge on any atom is 0.224 e. The van der Waals surface area contributed by atoms with Gasteiger partial charge in [0, 0.05) is 41.4 Å². The van der Waals surface area contributed by atoms with E-state index in [1.54, 1.807) is 24.8 Å². The number of phenolic OH excluding ortho intramolecular Hbond substituents is 1. The molecule has 200 valence electrons. The van der Waals surface area contributed by atoms with Crippen molar-refractivity contribution in [3.8, 4) is 39.5 Å². The topological polar surface area (TPSA) is 132 Å². The minimum absolute atomic E-state index is 0.0637. The molecule has 0 atom stereocenters. The van der Waals surface area contributed by atoms with E-state index in [1.165, 1.54) is 12.1 Å². The van der Waals surface area contributed by atoms with Crippen molar-refractivity contribution < 1.29 is 14.3 Å². The molecule has 2 aromatic carbocycles. The summed E-state index contributed by atoms with van der Waals surface area (Å²) in [4.78, 5) is 29.1. The van der Waals surface area contributed by atoms with Crippen LogP contribution >= 0.6 is 0 Å². The number of amides is 1. The number of fused-ring (bicyclic) bond motifs is 2. The van der Waals surface area contributed by atoms with Crippen LogP contribution in [0.15, 0.2) is 67.3 Å². The summed E-state index contributed by atoms with van der Waals surface area (Å²) in [6.07, 6.45) is 7.00. The first-order valence-corrected chi connectivity index (χ1v) is 12.7. The largest absolute Gasteiger partial charge is 0.508 e. The number of pyridine rings is 2. The normalized spacial score (nSPS) is 11.8. The van der Waals surface area contributed by atoms with Gasteiger partial charge < -0.3 is 15.4 Å². The van der Waals surface area contributed by atoms with Gasteiger partial charge >= 0.3 is 0 Å². The van der Waals surface area contributed by atoms with Crippen molar-refractivity contribution in [3.63, 3.8) is 0 Å². The molecule has 10 heteroatoms. The lowest BCUT2D eigenvalue weighted by Crippen LogP contribution is -2.19. The number of rotatable bonds is 5. The number of aromatic nitrogens is 6. The molecule has 0 unspecified atom stereocenters. The Bertz CT molecular complexity index is 1880. The van der Waals surface area contributed by atoms with Crippen molar-refractivity contribution in [2.75, 3.05) is 5.32 Å². The van der Waals surface area contributed by atoms with Crippen molar-refractivity contribution >= 4 is 33.5 Å². The summed E-state index contributed by atoms with van der Waals surface area (Å²) in [6, 6.07) is 11.6. The Balaban J connectivity index is 1.37. The molecule has 0 saturated carbocycles. The Morgan fingerprint density at radius 1 is 0.950 bits per heavy atom. The van der Waals surface area contributed by atoms with Gasteiger partial charge in [-0.25, -0.2) is 9.37 Å². The number of H-pyrrole nitrogens is 2. The molecule has 4 heterocycles. The summed E-state index contributed by atoms with van der Waals surface area (Å²) in [5.74, 6) is -0.289. The van der Waals surface area contributed by atoms with Gasteiger partial charge in [-0.15, -0.1) is 0 Å². The number of hydrogen-bond acceptors (Lipinski definition) is 6. The second-order valence-corrected chi connectivity index (χ2v) is 10.9. The highest BCUT2D eigenvalue weighted by Crippen LogP contribution is 2.34. The minimum atomic E-state index is -0.555. The monoisotopic (exact) mass is 535 g/mol. The van der Waals surface area contributed by atoms with Gasteiger partial charge in [-0.1, -0.05) is 26.8 Å². The molecular formula is C30H26FN7O2. The van der Waals surface area contributed by atoms with E-state index in [1.807, 2.05) is 45.0 Å². The lowest BCUT2D eigenvalue weighted by Gasteiger charge is -2.17. The highest BCUT2D eigenvalue weighted by atomic mass is 19.1. The molecule has 0 radical (unpaired) electrons. The maximum absolute atomic E-state index is 14.0. The molecule has 0 saturated heterocycles. The molecule has 0 aliphatic heterocycles. The summed E-state index contributed by atoms with van der Waals surface area (Å²) in [5, 5.41) is 21.2. The maximum atomic E-state index is 14.0. The van der Waals surface area contributed by atoms with Gasteiger partial charge in [0.05, 0.1) is 34.6 Å². The summed E-state index contributed by atoms with van der Waals surface area (Å²) in [7, 11) is 0. The molecule has 0 spiro atoms. The molecule has 4 aromatic heterocycles. The van der Waals surface area contributed by atoms with Gasteiger partial charge in [-0.2, -0.15) is 5.10 Å². The number of aromatic amines is 2. The van der Waals surface area contributed by atoms with Crippen molar-refractivity contribution in [1.29, 1.82) is 0 Å². The fourth-order valence-corrected chi connectivity index (χ4v) is 4.71. The molecule has 40 heavy (non-hydrogen) atoms. The molecule has 0 bridgehead atoms. The Morgan fingerprint density at radius 3 is 2.58 bits per heavy atom. The number of benzene rings is 2. The molecule has 1 amide bonds. The van der Waals surface area contributed by atoms with E-state index in [2.05, 4.69) is 30.5 Å². The summed E-state index contributed by atoms with van der Waals surface area (Å²) < 4.78 is 14.0. The number of nitrogens with zero attached hydrogens (tertiary/aromatic N) is 4. The van der Waals surface area contributed by atoms with E-state index in [-0.39, 0.29) is 17.1 Å². The van der Waals surface area contributed by atoms with Crippen molar-refractivity contribution in [1.82, 2.24) is 30.1 Å². The number of aromatic hydroxyl groups is 1. The first-order valence-electron chi connectivity index (χ1n) is 12.7. The van der Waals surface area contributed by atoms with Gasteiger partial charge in [0.25, 0.3) is 0 Å². The van der Waals surface area contributed by atoms with Crippen molar-refractivity contribution in [3.05, 3.63) is 73.1 Å². The summed E-state index contributed by atoms with van der Waals surface area (Å²) in [5.41, 5.74) is 5.91. The van der Waals surface area contributed by atoms with Crippen LogP contribution in [0.3, 0.4) is 0 Å². The third kappa shape index (κ3) is 4.98. The number of hydrogen-bond donors (Lipinski definition) is 4. The highest BCUT2D eigenvalue weighted by Gasteiger charge is 2.18. The van der Waals surface area contributed by atoms with Crippen LogP contribution in [-0.2, 0) is 4.79 Å². The number of carbonyl (C=O) groups is 1. The summed E-state index contributed by atoms with van der Waals surface area (Å²) >= 11 is 0. The molecule has 6 rings (SSSR count). The van der Waals surface area contributed by atoms with Crippen LogP contribution < -0.4 is 5.32 Å². The number of phenols is 1. The van der Waals surface area contributed by atoms with Gasteiger partial charge in [0.15, 0.2) is 5.82 Å². The predicted molar refractivity (Wildman–Crippen MR) is 152 cm³/mol. The first-order chi connectivity index (χ1) is 19.1. The predicted octanol–water partition coefficient (Wildman–Crippen LogP) is 6.45. The van der Waals surface area contributed by atoms with E-state index >= 15 is 0 Å². The molecule has 0 aliphatic rings. The van der Waals surface area contributed by atoms with Crippen molar-refractivity contribution in [2.24, 2.45) is 5.41 Å². The van der Waals surface area contributed by atoms with E-state index in [0.717, 1.165) is 28.1 Å². The van der Waals surface area contributed by atoms with Crippen molar-refractivity contribution in [2.45, 2.75) is 27.2 Å². The third-order valence-corrected chi connectivity index (χ3v) is 6.42. The van der Waals surface area contributed by atoms with Crippen LogP contribution in [0.2, 0.25) is 0 Å². The average Bonchev–Trinajstić information content (AvgIpc) is 3.50. The van der Waals surface area contributed by atoms with Crippen LogP contribution in [0.4, 0.5) is 10.1 Å². The van der Waals surface area contributed by atoms with E-state index in [9.17, 15) is 14.3 Å². The van der Waals surface area contributed by atoms with Gasteiger partial charge in [-0.3, -0.25) is 19.9 Å². The van der Waals surface area contributed by atoms with E-state index < -0.39 is 5.82 Å². The minimum Gasteiger partial charge on any atom is -0.508 e. The molecule has 6 aromatic rings. The van der Waals surface area contributed by atoms with E-state index in [0.29, 0.717) is 45.8 Å². The smallest absolute Gasteiger partial charge is 0.224 e. The Hall–Kier alpha value is -5.12. The second kappa shape index (κ2) is 9.57. The standard InChI is InChI=1S/C30H26FN7O2/c1-30(2,3)11-26(40)34-20-7-18(12-32-13-20)16-4-5-24-22(9-16)28(38-37-24)29-35-25-15-33-14-23(27(25)36-29)17-6-19(31)10-21(39)8-17/h4-10,12-15,39H,11H2,1-3H3,(H,34,40)(H,35,36)(H,37,38). The van der Waals surface area contributed by atoms with Crippen LogP contribution in [0.1, 0.15) is 27.2 Å². The van der Waals surface area contributed by atoms with Gasteiger partial charge in [0.1, 0.15) is 17.3 Å². The average molecular weight is 536 g/mol. The fourth-order valence-electron chi connectivity index (χ4n) is 4.71. The number of halogens is 1. The number of imidazole rings is 1. The molecule has 0 fully saturated rings. The number of anilines is 1. The highest BCUT2D eigenvalue weighted by molar-refractivity contribution is 5.98. The van der Waals surface area contributed by atoms with E-state index in [4.69, 9.17) is 4.98 Å². The third-order valence-electron chi connectivity index (χ3n) is 6.42. The second-order valence-electron chi connectivity index (χ2n) is 10.9. The Morgan fingerprint density at radius 2 is 1.77 bits per heavy atom. The SMILES string of the molecule is CC(C)(C)CC(=O)Nc1cncc(-c2ccc3[nH]nc(-c4nc5c(-c6cc(O)cc(F)c6)cncc5[nH]4)c3c2)c1. The Labute approximate surface area is 228 Å². The zero-order valence-electron chi connectivity index (χ0n) is 22.1. The van der Waals surface area contributed by atoms with Gasteiger partial charge in [0.2, 0.25) is 5.91 Å². The Kier molecular flexibility index (Phi) is 6.02. The zero-order chi connectivity index (χ0) is 28.0. The van der Waals surface area contributed by atoms with Crippen LogP contribution in [0, 0.1) is 11.2 Å². The molecule has 4 N–H and O–H groups in total. The number of nitrogens with one attached hydrogen (secondary N) is 3. The zero-order valence-corrected chi connectivity index (χ0v) is 22.1. The quantitative estimate of drug-likeness (QED) is 0.201.